The van der Waals surface area contributed by atoms with Crippen molar-refractivity contribution in [2.75, 3.05) is 27.7 Å². The number of likely N-dealkylation sites (N-methyl/N-ethyl adjacent to an activating group) is 1. The SMILES string of the molecule is C[N+](C)(C)C[C@H](O)CC(N)=O.O=P([O-])(O)O. The van der Waals surface area contributed by atoms with Crippen LogP contribution in [0, 0.1) is 0 Å². The van der Waals surface area contributed by atoms with Crippen LogP contribution in [-0.2, 0) is 9.36 Å². The van der Waals surface area contributed by atoms with Crippen molar-refractivity contribution in [2.45, 2.75) is 12.5 Å². The molecule has 9 heteroatoms. The van der Waals surface area contributed by atoms with E-state index in [2.05, 4.69) is 0 Å². The van der Waals surface area contributed by atoms with Crippen molar-refractivity contribution < 1.29 is 33.6 Å². The topological polar surface area (TPSA) is 144 Å². The number of quaternary nitrogens is 1. The third kappa shape index (κ3) is 29.2. The van der Waals surface area contributed by atoms with Gasteiger partial charge >= 0.3 is 0 Å². The van der Waals surface area contributed by atoms with Gasteiger partial charge in [-0.3, -0.25) is 9.36 Å². The maximum Gasteiger partial charge on any atom is 0.262 e. The molecule has 16 heavy (non-hydrogen) atoms. The van der Waals surface area contributed by atoms with Gasteiger partial charge in [-0.2, -0.15) is 0 Å². The van der Waals surface area contributed by atoms with Gasteiger partial charge in [0.2, 0.25) is 5.91 Å². The predicted octanol–water partition coefficient (Wildman–Crippen LogP) is -2.63. The minimum atomic E-state index is -4.89. The highest BCUT2D eigenvalue weighted by atomic mass is 31.2. The van der Waals surface area contributed by atoms with Crippen LogP contribution in [-0.4, -0.2) is 59.1 Å². The van der Waals surface area contributed by atoms with Crippen LogP contribution in [0.3, 0.4) is 0 Å². The number of rotatable bonds is 4. The van der Waals surface area contributed by atoms with E-state index in [1.807, 2.05) is 21.1 Å². The second kappa shape index (κ2) is 6.95. The molecule has 98 valence electrons. The summed E-state index contributed by atoms with van der Waals surface area (Å²) in [7, 11) is 0.957. The van der Waals surface area contributed by atoms with Crippen LogP contribution < -0.4 is 10.6 Å². The number of hydrogen-bond donors (Lipinski definition) is 4. The Morgan fingerprint density at radius 3 is 1.94 bits per heavy atom. The van der Waals surface area contributed by atoms with Gasteiger partial charge in [-0.25, -0.2) is 0 Å². The van der Waals surface area contributed by atoms with Crippen molar-refractivity contribution in [1.29, 1.82) is 0 Å². The summed E-state index contributed by atoms with van der Waals surface area (Å²) in [6.07, 6.45) is -0.567. The number of amides is 1. The first-order chi connectivity index (χ1) is 6.81. The summed E-state index contributed by atoms with van der Waals surface area (Å²) in [5.74, 6) is -0.453. The lowest BCUT2D eigenvalue weighted by molar-refractivity contribution is -0.873. The van der Waals surface area contributed by atoms with Crippen LogP contribution in [0.2, 0.25) is 0 Å². The molecule has 0 aliphatic carbocycles. The smallest absolute Gasteiger partial charge is 0.262 e. The van der Waals surface area contributed by atoms with Gasteiger partial charge in [0.1, 0.15) is 12.6 Å². The van der Waals surface area contributed by atoms with Crippen molar-refractivity contribution in [2.24, 2.45) is 5.73 Å². The van der Waals surface area contributed by atoms with E-state index in [0.717, 1.165) is 0 Å². The van der Waals surface area contributed by atoms with Crippen LogP contribution in [0.4, 0.5) is 0 Å². The third-order valence-corrected chi connectivity index (χ3v) is 1.20. The number of carbonyl (C=O) groups excluding carboxylic acids is 1. The van der Waals surface area contributed by atoms with Gasteiger partial charge in [-0.05, 0) is 0 Å². The van der Waals surface area contributed by atoms with Crippen LogP contribution in [0.5, 0.6) is 0 Å². The molecule has 0 unspecified atom stereocenters. The molecule has 0 bridgehead atoms. The second-order valence-corrected chi connectivity index (χ2v) is 5.27. The molecule has 0 aromatic carbocycles. The molecular weight excluding hydrogens is 239 g/mol. The Morgan fingerprint density at radius 1 is 1.44 bits per heavy atom. The summed E-state index contributed by atoms with van der Waals surface area (Å²) in [4.78, 5) is 33.3. The highest BCUT2D eigenvalue weighted by Crippen LogP contribution is 2.18. The Bertz CT molecular complexity index is 250. The molecule has 1 amide bonds. The Balaban J connectivity index is 0. The predicted molar refractivity (Wildman–Crippen MR) is 54.8 cm³/mol. The maximum absolute atomic E-state index is 10.4. The molecule has 0 fully saturated rings. The van der Waals surface area contributed by atoms with Crippen molar-refractivity contribution in [3.05, 3.63) is 0 Å². The molecule has 0 radical (unpaired) electrons. The fraction of sp³-hybridized carbons (Fsp3) is 0.857. The Kier molecular flexibility index (Phi) is 7.77. The zero-order valence-corrected chi connectivity index (χ0v) is 10.4. The summed E-state index contributed by atoms with van der Waals surface area (Å²) < 4.78 is 9.40. The van der Waals surface area contributed by atoms with E-state index >= 15 is 0 Å². The lowest BCUT2D eigenvalue weighted by Crippen LogP contribution is -2.42. The van der Waals surface area contributed by atoms with E-state index in [-0.39, 0.29) is 6.42 Å². The van der Waals surface area contributed by atoms with E-state index in [4.69, 9.17) is 25.0 Å². The molecule has 0 aliphatic rings. The van der Waals surface area contributed by atoms with Crippen molar-refractivity contribution in [1.82, 2.24) is 0 Å². The van der Waals surface area contributed by atoms with Gasteiger partial charge < -0.3 is 30.0 Å². The summed E-state index contributed by atoms with van der Waals surface area (Å²) in [5, 5.41) is 9.24. The molecule has 0 saturated carbocycles. The first-order valence-corrected chi connectivity index (χ1v) is 5.87. The first-order valence-electron chi connectivity index (χ1n) is 4.34. The zero-order valence-electron chi connectivity index (χ0n) is 9.53. The standard InChI is InChI=1S/C7H16N2O2.H3O4P/c1-9(2,3)5-6(10)4-7(8)11;1-5(2,3)4/h6,10H,4-5H2,1-3H3,(H-,8,11);(H3,1,2,3,4)/t6-;/m1./s1. The number of carbonyl (C=O) groups is 1. The average Bonchev–Trinajstić information content (AvgIpc) is 1.72. The zero-order chi connectivity index (χ0) is 13.6. The van der Waals surface area contributed by atoms with Crippen LogP contribution in [0.25, 0.3) is 0 Å². The molecule has 0 rings (SSSR count). The average molecular weight is 258 g/mol. The van der Waals surface area contributed by atoms with Crippen molar-refractivity contribution in [3.8, 4) is 0 Å². The Labute approximate surface area is 94.1 Å². The Morgan fingerprint density at radius 2 is 1.75 bits per heavy atom. The number of nitrogens with zero attached hydrogens (tertiary/aromatic N) is 1. The normalized spacial score (nSPS) is 13.7. The number of primary amides is 1. The molecule has 0 aromatic heterocycles. The third-order valence-electron chi connectivity index (χ3n) is 1.20. The lowest BCUT2D eigenvalue weighted by Gasteiger charge is -2.26. The molecule has 0 heterocycles. The highest BCUT2D eigenvalue weighted by molar-refractivity contribution is 7.43. The van der Waals surface area contributed by atoms with Gasteiger partial charge in [-0.1, -0.05) is 0 Å². The van der Waals surface area contributed by atoms with E-state index in [1.54, 1.807) is 0 Å². The molecule has 8 nitrogen and oxygen atoms in total. The van der Waals surface area contributed by atoms with Crippen molar-refractivity contribution in [3.63, 3.8) is 0 Å². The summed E-state index contributed by atoms with van der Waals surface area (Å²) in [6.45, 7) is 0.545. The molecule has 0 saturated heterocycles. The molecular formula is C7H19N2O6P. The fourth-order valence-corrected chi connectivity index (χ4v) is 0.929. The summed E-state index contributed by atoms with van der Waals surface area (Å²) in [6, 6.07) is 0. The van der Waals surface area contributed by atoms with E-state index in [9.17, 15) is 9.90 Å². The Hall–Kier alpha value is -0.500. The lowest BCUT2D eigenvalue weighted by atomic mass is 10.2. The number of aliphatic hydroxyl groups is 1. The fourth-order valence-electron chi connectivity index (χ4n) is 0.929. The van der Waals surface area contributed by atoms with Gasteiger partial charge in [0.15, 0.2) is 0 Å². The molecule has 1 atom stereocenters. The summed E-state index contributed by atoms with van der Waals surface area (Å²) in [5.41, 5.74) is 4.91. The minimum Gasteiger partial charge on any atom is -0.756 e. The molecule has 5 N–H and O–H groups in total. The monoisotopic (exact) mass is 258 g/mol. The van der Waals surface area contributed by atoms with Crippen LogP contribution >= 0.6 is 7.82 Å². The first kappa shape index (κ1) is 17.9. The van der Waals surface area contributed by atoms with E-state index < -0.39 is 19.8 Å². The largest absolute Gasteiger partial charge is 0.756 e. The van der Waals surface area contributed by atoms with E-state index in [1.165, 1.54) is 0 Å². The van der Waals surface area contributed by atoms with Crippen LogP contribution in [0.15, 0.2) is 0 Å². The van der Waals surface area contributed by atoms with Crippen LogP contribution in [0.1, 0.15) is 6.42 Å². The number of phosphoric acid groups is 1. The van der Waals surface area contributed by atoms with Gasteiger partial charge in [0.05, 0.1) is 27.6 Å². The molecule has 0 spiro atoms. The number of nitrogens with two attached hydrogens (primary N) is 1. The summed E-state index contributed by atoms with van der Waals surface area (Å²) >= 11 is 0. The van der Waals surface area contributed by atoms with Crippen molar-refractivity contribution >= 4 is 13.7 Å². The van der Waals surface area contributed by atoms with E-state index in [0.29, 0.717) is 11.0 Å². The van der Waals surface area contributed by atoms with Gasteiger partial charge in [-0.15, -0.1) is 0 Å². The van der Waals surface area contributed by atoms with Gasteiger partial charge in [0, 0.05) is 0 Å². The second-order valence-electron chi connectivity index (χ2n) is 4.29. The molecule has 0 aliphatic heterocycles. The minimum absolute atomic E-state index is 0.0511. The highest BCUT2D eigenvalue weighted by Gasteiger charge is 2.16. The van der Waals surface area contributed by atoms with Gasteiger partial charge in [0.25, 0.3) is 7.82 Å². The maximum atomic E-state index is 10.4. The quantitative estimate of drug-likeness (QED) is 0.320. The molecule has 0 aromatic rings. The number of aliphatic hydroxyl groups excluding tert-OH is 1. The number of hydrogen-bond acceptors (Lipinski definition) is 4.